The van der Waals surface area contributed by atoms with Crippen LogP contribution in [0.5, 0.6) is 0 Å². The van der Waals surface area contributed by atoms with Crippen molar-refractivity contribution in [3.05, 3.63) is 70.5 Å². The zero-order valence-corrected chi connectivity index (χ0v) is 15.4. The van der Waals surface area contributed by atoms with Gasteiger partial charge in [0, 0.05) is 30.9 Å². The summed E-state index contributed by atoms with van der Waals surface area (Å²) < 4.78 is 6.77. The van der Waals surface area contributed by atoms with Gasteiger partial charge in [-0.3, -0.25) is 9.36 Å². The van der Waals surface area contributed by atoms with Gasteiger partial charge in [0.15, 0.2) is 0 Å². The zero-order valence-electron chi connectivity index (χ0n) is 15.4. The Bertz CT molecular complexity index is 1070. The molecule has 2 N–H and O–H groups in total. The van der Waals surface area contributed by atoms with E-state index in [1.807, 2.05) is 18.2 Å². The Balaban J connectivity index is 1.83. The zero-order chi connectivity index (χ0) is 19.5. The van der Waals surface area contributed by atoms with Crippen LogP contribution in [0.1, 0.15) is 24.0 Å². The van der Waals surface area contributed by atoms with E-state index >= 15 is 0 Å². The van der Waals surface area contributed by atoms with E-state index in [1.165, 1.54) is 12.5 Å². The van der Waals surface area contributed by atoms with Gasteiger partial charge in [-0.15, -0.1) is 0 Å². The highest BCUT2D eigenvalue weighted by atomic mass is 16.3. The third kappa shape index (κ3) is 3.42. The fraction of sp³-hybridized carbons (Fsp3) is 0.286. The van der Waals surface area contributed by atoms with Gasteiger partial charge in [-0.25, -0.2) is 4.98 Å². The number of aromatic nitrogens is 2. The number of nitrogens with two attached hydrogens (primary N) is 1. The second-order valence-corrected chi connectivity index (χ2v) is 6.99. The normalized spacial score (nSPS) is 16.7. The van der Waals surface area contributed by atoms with Gasteiger partial charge in [-0.05, 0) is 30.5 Å². The third-order valence-corrected chi connectivity index (χ3v) is 5.07. The summed E-state index contributed by atoms with van der Waals surface area (Å²) in [6.07, 6.45) is 6.57. The second kappa shape index (κ2) is 7.71. The summed E-state index contributed by atoms with van der Waals surface area (Å²) >= 11 is 0. The van der Waals surface area contributed by atoms with Crippen LogP contribution in [-0.2, 0) is 6.54 Å². The fourth-order valence-corrected chi connectivity index (χ4v) is 3.62. The molecule has 7 heteroatoms. The van der Waals surface area contributed by atoms with Gasteiger partial charge in [-0.2, -0.15) is 5.26 Å². The Hall–Kier alpha value is -3.37. The van der Waals surface area contributed by atoms with Gasteiger partial charge in [0.25, 0.3) is 5.56 Å². The molecule has 3 aromatic rings. The molecule has 2 aromatic heterocycles. The molecule has 28 heavy (non-hydrogen) atoms. The maximum Gasteiger partial charge on any atom is 0.263 e. The van der Waals surface area contributed by atoms with Gasteiger partial charge in [0.05, 0.1) is 36.3 Å². The molecule has 1 fully saturated rings. The molecule has 0 bridgehead atoms. The maximum absolute atomic E-state index is 13.4. The number of hydrogen-bond acceptors (Lipinski definition) is 6. The molecule has 0 unspecified atom stereocenters. The summed E-state index contributed by atoms with van der Waals surface area (Å²) in [4.78, 5) is 20.0. The summed E-state index contributed by atoms with van der Waals surface area (Å²) in [6.45, 7) is 1.71. The summed E-state index contributed by atoms with van der Waals surface area (Å²) in [7, 11) is 0. The highest BCUT2D eigenvalue weighted by Gasteiger charge is 2.23. The van der Waals surface area contributed by atoms with E-state index in [0.29, 0.717) is 29.2 Å². The van der Waals surface area contributed by atoms with Gasteiger partial charge in [-0.1, -0.05) is 18.2 Å². The quantitative estimate of drug-likeness (QED) is 0.751. The van der Waals surface area contributed by atoms with Crippen molar-refractivity contribution in [2.45, 2.75) is 25.4 Å². The molecule has 1 aliphatic rings. The summed E-state index contributed by atoms with van der Waals surface area (Å²) in [5.74, 6) is 0.583. The molecule has 0 radical (unpaired) electrons. The minimum absolute atomic E-state index is 0.0547. The average Bonchev–Trinajstić information content (AvgIpc) is 3.24. The van der Waals surface area contributed by atoms with Crippen molar-refractivity contribution < 1.29 is 4.42 Å². The number of piperidine rings is 1. The third-order valence-electron chi connectivity index (χ3n) is 5.07. The predicted molar refractivity (Wildman–Crippen MR) is 106 cm³/mol. The van der Waals surface area contributed by atoms with Crippen molar-refractivity contribution in [2.75, 3.05) is 18.0 Å². The number of nitriles is 1. The van der Waals surface area contributed by atoms with Crippen LogP contribution in [0.15, 0.2) is 58.3 Å². The second-order valence-electron chi connectivity index (χ2n) is 6.99. The molecule has 1 atom stereocenters. The van der Waals surface area contributed by atoms with Gasteiger partial charge >= 0.3 is 0 Å². The van der Waals surface area contributed by atoms with Crippen molar-refractivity contribution >= 4 is 5.95 Å². The van der Waals surface area contributed by atoms with Crippen LogP contribution < -0.4 is 16.2 Å². The standard InChI is InChI=1S/C21H21N5O2/c22-10-15-4-1-2-5-16(15)12-26-20(27)19(17-7-9-28-14-17)11-24-21(26)25-8-3-6-18(23)13-25/h1-2,4-5,7,9,11,14,18H,3,6,8,12-13,23H2/t18-/m1/s1. The van der Waals surface area contributed by atoms with E-state index < -0.39 is 0 Å². The van der Waals surface area contributed by atoms with Gasteiger partial charge in [0.2, 0.25) is 5.95 Å². The molecule has 4 rings (SSSR count). The lowest BCUT2D eigenvalue weighted by atomic mass is 10.1. The lowest BCUT2D eigenvalue weighted by Crippen LogP contribution is -2.45. The van der Waals surface area contributed by atoms with E-state index in [-0.39, 0.29) is 18.1 Å². The number of rotatable bonds is 4. The monoisotopic (exact) mass is 375 g/mol. The molecule has 7 nitrogen and oxygen atoms in total. The van der Waals surface area contributed by atoms with Gasteiger partial charge < -0.3 is 15.1 Å². The summed E-state index contributed by atoms with van der Waals surface area (Å²) in [6, 6.07) is 11.3. The Labute approximate surface area is 162 Å². The van der Waals surface area contributed by atoms with Crippen LogP contribution in [0, 0.1) is 11.3 Å². The van der Waals surface area contributed by atoms with E-state index in [1.54, 1.807) is 22.9 Å². The number of furan rings is 1. The number of nitrogens with zero attached hydrogens (tertiary/aromatic N) is 4. The first-order valence-corrected chi connectivity index (χ1v) is 9.28. The molecule has 0 saturated carbocycles. The Kier molecular flexibility index (Phi) is 4.96. The minimum atomic E-state index is -0.168. The molecule has 1 aromatic carbocycles. The lowest BCUT2D eigenvalue weighted by molar-refractivity contribution is 0.491. The van der Waals surface area contributed by atoms with Crippen molar-refractivity contribution in [1.29, 1.82) is 5.26 Å². The van der Waals surface area contributed by atoms with Crippen LogP contribution in [0.2, 0.25) is 0 Å². The Morgan fingerprint density at radius 3 is 2.93 bits per heavy atom. The number of hydrogen-bond donors (Lipinski definition) is 1. The first kappa shape index (κ1) is 18.0. The average molecular weight is 375 g/mol. The van der Waals surface area contributed by atoms with E-state index in [2.05, 4.69) is 16.0 Å². The summed E-state index contributed by atoms with van der Waals surface area (Å²) in [5, 5.41) is 9.43. The summed E-state index contributed by atoms with van der Waals surface area (Å²) in [5.41, 5.74) is 8.45. The minimum Gasteiger partial charge on any atom is -0.472 e. The Morgan fingerprint density at radius 1 is 1.32 bits per heavy atom. The molecule has 0 aliphatic carbocycles. The van der Waals surface area contributed by atoms with Crippen molar-refractivity contribution in [1.82, 2.24) is 9.55 Å². The van der Waals surface area contributed by atoms with E-state index in [0.717, 1.165) is 24.9 Å². The molecule has 0 spiro atoms. The van der Waals surface area contributed by atoms with Crippen molar-refractivity contribution in [3.8, 4) is 17.2 Å². The number of benzene rings is 1. The SMILES string of the molecule is N#Cc1ccccc1Cn1c(N2CCC[C@@H](N)C2)ncc(-c2ccoc2)c1=O. The lowest BCUT2D eigenvalue weighted by Gasteiger charge is -2.33. The van der Waals surface area contributed by atoms with Crippen molar-refractivity contribution in [3.63, 3.8) is 0 Å². The van der Waals surface area contributed by atoms with E-state index in [4.69, 9.17) is 10.2 Å². The molecule has 142 valence electrons. The first-order chi connectivity index (χ1) is 13.7. The first-order valence-electron chi connectivity index (χ1n) is 9.28. The maximum atomic E-state index is 13.4. The largest absolute Gasteiger partial charge is 0.472 e. The fourth-order valence-electron chi connectivity index (χ4n) is 3.62. The highest BCUT2D eigenvalue weighted by Crippen LogP contribution is 2.22. The van der Waals surface area contributed by atoms with Crippen LogP contribution in [-0.4, -0.2) is 28.7 Å². The molecular formula is C21H21N5O2. The van der Waals surface area contributed by atoms with E-state index in [9.17, 15) is 10.1 Å². The Morgan fingerprint density at radius 2 is 2.18 bits per heavy atom. The van der Waals surface area contributed by atoms with Crippen LogP contribution >= 0.6 is 0 Å². The number of anilines is 1. The van der Waals surface area contributed by atoms with Crippen LogP contribution in [0.3, 0.4) is 0 Å². The smallest absolute Gasteiger partial charge is 0.263 e. The highest BCUT2D eigenvalue weighted by molar-refractivity contribution is 5.61. The molecule has 3 heterocycles. The topological polar surface area (TPSA) is 101 Å². The molecular weight excluding hydrogens is 354 g/mol. The molecule has 0 amide bonds. The van der Waals surface area contributed by atoms with Crippen LogP contribution in [0.4, 0.5) is 5.95 Å². The molecule has 1 aliphatic heterocycles. The predicted octanol–water partition coefficient (Wildman–Crippen LogP) is 2.35. The van der Waals surface area contributed by atoms with Crippen LogP contribution in [0.25, 0.3) is 11.1 Å². The molecule has 1 saturated heterocycles. The van der Waals surface area contributed by atoms with Gasteiger partial charge in [0.1, 0.15) is 0 Å². The van der Waals surface area contributed by atoms with Crippen molar-refractivity contribution in [2.24, 2.45) is 5.73 Å².